The van der Waals surface area contributed by atoms with Crippen LogP contribution in [-0.4, -0.2) is 23.8 Å². The minimum atomic E-state index is -0.871. The number of rotatable bonds is 7. The average molecular weight is 348 g/mol. The van der Waals surface area contributed by atoms with Crippen LogP contribution in [0.1, 0.15) is 30.5 Å². The molecule has 0 aromatic heterocycles. The molecule has 0 spiro atoms. The van der Waals surface area contributed by atoms with Crippen LogP contribution in [0, 0.1) is 11.6 Å². The molecule has 0 bridgehead atoms. The summed E-state index contributed by atoms with van der Waals surface area (Å²) >= 11 is 0. The van der Waals surface area contributed by atoms with Crippen LogP contribution >= 0.6 is 0 Å². The number of urea groups is 1. The number of aliphatic hydroxyl groups is 1. The summed E-state index contributed by atoms with van der Waals surface area (Å²) in [5.41, 5.74) is 1.49. The van der Waals surface area contributed by atoms with Crippen molar-refractivity contribution in [3.63, 3.8) is 0 Å². The fourth-order valence-electron chi connectivity index (χ4n) is 2.49. The Hall–Kier alpha value is -2.47. The van der Waals surface area contributed by atoms with Crippen molar-refractivity contribution in [3.05, 3.63) is 71.3 Å². The van der Waals surface area contributed by atoms with E-state index < -0.39 is 17.7 Å². The third kappa shape index (κ3) is 5.83. The molecular weight excluding hydrogens is 326 g/mol. The number of aryl methyl sites for hydroxylation is 1. The predicted octanol–water partition coefficient (Wildman–Crippen LogP) is 3.32. The van der Waals surface area contributed by atoms with Gasteiger partial charge in [0.05, 0.1) is 12.6 Å². The van der Waals surface area contributed by atoms with E-state index in [1.54, 1.807) is 0 Å². The monoisotopic (exact) mass is 348 g/mol. The molecular formula is C19H22F2N2O2. The van der Waals surface area contributed by atoms with Crippen LogP contribution in [0.5, 0.6) is 0 Å². The van der Waals surface area contributed by atoms with Crippen molar-refractivity contribution in [1.29, 1.82) is 0 Å². The Kier molecular flexibility index (Phi) is 6.89. The van der Waals surface area contributed by atoms with E-state index >= 15 is 0 Å². The quantitative estimate of drug-likeness (QED) is 0.719. The van der Waals surface area contributed by atoms with Gasteiger partial charge in [-0.3, -0.25) is 0 Å². The van der Waals surface area contributed by atoms with Gasteiger partial charge in [-0.05, 0) is 43.0 Å². The number of nitrogens with one attached hydrogen (secondary N) is 2. The van der Waals surface area contributed by atoms with E-state index in [9.17, 15) is 18.7 Å². The second-order valence-corrected chi connectivity index (χ2v) is 5.95. The molecule has 0 radical (unpaired) electrons. The molecule has 2 atom stereocenters. The Bertz CT molecular complexity index is 695. The van der Waals surface area contributed by atoms with Gasteiger partial charge in [0.15, 0.2) is 11.6 Å². The van der Waals surface area contributed by atoms with Gasteiger partial charge in [0, 0.05) is 6.04 Å². The molecule has 2 rings (SSSR count). The first-order valence-electron chi connectivity index (χ1n) is 8.16. The van der Waals surface area contributed by atoms with Crippen LogP contribution in [0.3, 0.4) is 0 Å². The first kappa shape index (κ1) is 18.9. The molecule has 25 heavy (non-hydrogen) atoms. The number of amides is 2. The van der Waals surface area contributed by atoms with E-state index in [1.807, 2.05) is 37.3 Å². The number of benzene rings is 2. The lowest BCUT2D eigenvalue weighted by Gasteiger charge is -2.20. The fourth-order valence-corrected chi connectivity index (χ4v) is 2.49. The first-order valence-corrected chi connectivity index (χ1v) is 8.16. The van der Waals surface area contributed by atoms with Crippen molar-refractivity contribution in [2.75, 3.05) is 6.61 Å². The molecule has 2 unspecified atom stereocenters. The number of aliphatic hydroxyl groups excluding tert-OH is 1. The molecule has 2 aromatic rings. The summed E-state index contributed by atoms with van der Waals surface area (Å²) in [6, 6.07) is 11.9. The van der Waals surface area contributed by atoms with Gasteiger partial charge in [-0.2, -0.15) is 0 Å². The minimum Gasteiger partial charge on any atom is -0.394 e. The highest BCUT2D eigenvalue weighted by Gasteiger charge is 2.15. The molecule has 6 heteroatoms. The lowest BCUT2D eigenvalue weighted by Crippen LogP contribution is -2.43. The maximum absolute atomic E-state index is 13.2. The molecule has 2 amide bonds. The average Bonchev–Trinajstić information content (AvgIpc) is 2.61. The smallest absolute Gasteiger partial charge is 0.315 e. The summed E-state index contributed by atoms with van der Waals surface area (Å²) in [6.07, 6.45) is 1.09. The fraction of sp³-hybridized carbons (Fsp3) is 0.316. The van der Waals surface area contributed by atoms with E-state index in [0.29, 0.717) is 18.4 Å². The number of hydrogen-bond donors (Lipinski definition) is 3. The Labute approximate surface area is 145 Å². The molecule has 0 fully saturated rings. The van der Waals surface area contributed by atoms with Gasteiger partial charge in [-0.15, -0.1) is 0 Å². The van der Waals surface area contributed by atoms with Gasteiger partial charge in [0.1, 0.15) is 0 Å². The van der Waals surface area contributed by atoms with Gasteiger partial charge in [-0.25, -0.2) is 13.6 Å². The lowest BCUT2D eigenvalue weighted by molar-refractivity contribution is 0.214. The highest BCUT2D eigenvalue weighted by molar-refractivity contribution is 5.74. The van der Waals surface area contributed by atoms with Gasteiger partial charge in [-0.1, -0.05) is 36.4 Å². The predicted molar refractivity (Wildman–Crippen MR) is 92.1 cm³/mol. The Morgan fingerprint density at radius 3 is 2.44 bits per heavy atom. The summed E-state index contributed by atoms with van der Waals surface area (Å²) in [6.45, 7) is 1.62. The largest absolute Gasteiger partial charge is 0.394 e. The topological polar surface area (TPSA) is 61.4 Å². The van der Waals surface area contributed by atoms with Gasteiger partial charge in [0.25, 0.3) is 0 Å². The van der Waals surface area contributed by atoms with Gasteiger partial charge >= 0.3 is 6.03 Å². The minimum absolute atomic E-state index is 0.164. The summed E-state index contributed by atoms with van der Waals surface area (Å²) in [5.74, 6) is -1.74. The molecule has 0 heterocycles. The summed E-state index contributed by atoms with van der Waals surface area (Å²) in [4.78, 5) is 12.1. The Balaban J connectivity index is 1.82. The van der Waals surface area contributed by atoms with Crippen LogP contribution in [0.25, 0.3) is 0 Å². The summed E-state index contributed by atoms with van der Waals surface area (Å²) in [7, 11) is 0. The lowest BCUT2D eigenvalue weighted by atomic mass is 10.1. The zero-order valence-corrected chi connectivity index (χ0v) is 14.0. The van der Waals surface area contributed by atoms with Crippen LogP contribution in [0.4, 0.5) is 13.6 Å². The zero-order valence-electron chi connectivity index (χ0n) is 14.0. The van der Waals surface area contributed by atoms with E-state index in [0.717, 1.165) is 11.6 Å². The number of carbonyl (C=O) groups is 1. The number of hydrogen-bond acceptors (Lipinski definition) is 2. The van der Waals surface area contributed by atoms with E-state index in [2.05, 4.69) is 10.6 Å². The van der Waals surface area contributed by atoms with E-state index in [1.165, 1.54) is 12.1 Å². The number of halogens is 2. The van der Waals surface area contributed by atoms with Crippen molar-refractivity contribution in [2.24, 2.45) is 0 Å². The Morgan fingerprint density at radius 2 is 1.80 bits per heavy atom. The molecule has 0 saturated carbocycles. The molecule has 0 aliphatic heterocycles. The van der Waals surface area contributed by atoms with Crippen molar-refractivity contribution < 1.29 is 18.7 Å². The highest BCUT2D eigenvalue weighted by atomic mass is 19.2. The van der Waals surface area contributed by atoms with Gasteiger partial charge < -0.3 is 15.7 Å². The third-order valence-electron chi connectivity index (χ3n) is 3.92. The molecule has 0 aliphatic rings. The van der Waals surface area contributed by atoms with Crippen molar-refractivity contribution in [3.8, 4) is 0 Å². The summed E-state index contributed by atoms with van der Waals surface area (Å²) < 4.78 is 26.1. The molecule has 134 valence electrons. The van der Waals surface area contributed by atoms with Crippen molar-refractivity contribution in [1.82, 2.24) is 10.6 Å². The van der Waals surface area contributed by atoms with Gasteiger partial charge in [0.2, 0.25) is 0 Å². The number of carbonyl (C=O) groups excluding carboxylic acids is 1. The second-order valence-electron chi connectivity index (χ2n) is 5.95. The van der Waals surface area contributed by atoms with Crippen molar-refractivity contribution in [2.45, 2.75) is 31.8 Å². The molecule has 2 aromatic carbocycles. The highest BCUT2D eigenvalue weighted by Crippen LogP contribution is 2.13. The van der Waals surface area contributed by atoms with E-state index in [-0.39, 0.29) is 18.7 Å². The maximum atomic E-state index is 13.2. The molecule has 4 nitrogen and oxygen atoms in total. The molecule has 0 saturated heterocycles. The Morgan fingerprint density at radius 1 is 1.08 bits per heavy atom. The second kappa shape index (κ2) is 9.13. The molecule has 3 N–H and O–H groups in total. The summed E-state index contributed by atoms with van der Waals surface area (Å²) in [5, 5.41) is 15.0. The normalized spacial score (nSPS) is 13.1. The third-order valence-corrected chi connectivity index (χ3v) is 3.92. The SMILES string of the molecule is CC(CCc1ccc(F)c(F)c1)NC(=O)NC(CO)c1ccccc1. The standard InChI is InChI=1S/C19H22F2N2O2/c1-13(7-8-14-9-10-16(20)17(21)11-14)22-19(25)23-18(12-24)15-5-3-2-4-6-15/h2-6,9-11,13,18,24H,7-8,12H2,1H3,(H2,22,23,25). The van der Waals surface area contributed by atoms with E-state index in [4.69, 9.17) is 0 Å². The van der Waals surface area contributed by atoms with Crippen LogP contribution < -0.4 is 10.6 Å². The molecule has 0 aliphatic carbocycles. The van der Waals surface area contributed by atoms with Crippen LogP contribution in [-0.2, 0) is 6.42 Å². The first-order chi connectivity index (χ1) is 12.0. The van der Waals surface area contributed by atoms with Crippen molar-refractivity contribution >= 4 is 6.03 Å². The van der Waals surface area contributed by atoms with Crippen LogP contribution in [0.2, 0.25) is 0 Å². The van der Waals surface area contributed by atoms with Crippen LogP contribution in [0.15, 0.2) is 48.5 Å². The maximum Gasteiger partial charge on any atom is 0.315 e. The zero-order chi connectivity index (χ0) is 18.2.